The SMILES string of the molecule is CN1C(=O)[C@](CCC2CCCCC2)(CC2CCN(C(=O)C3CCCC3)C2)N=C1N. The van der Waals surface area contributed by atoms with E-state index in [1.165, 1.54) is 49.8 Å². The van der Waals surface area contributed by atoms with E-state index >= 15 is 0 Å². The average molecular weight is 403 g/mol. The van der Waals surface area contributed by atoms with Gasteiger partial charge in [0.15, 0.2) is 5.96 Å². The molecule has 2 aliphatic carbocycles. The summed E-state index contributed by atoms with van der Waals surface area (Å²) in [6, 6.07) is 0. The molecule has 2 heterocycles. The molecular weight excluding hydrogens is 364 g/mol. The Hall–Kier alpha value is -1.59. The summed E-state index contributed by atoms with van der Waals surface area (Å²) in [6.07, 6.45) is 14.6. The van der Waals surface area contributed by atoms with Gasteiger partial charge in [-0.3, -0.25) is 14.5 Å². The number of hydrogen-bond donors (Lipinski definition) is 1. The predicted octanol–water partition coefficient (Wildman–Crippen LogP) is 3.30. The van der Waals surface area contributed by atoms with E-state index < -0.39 is 5.54 Å². The second-order valence-corrected chi connectivity index (χ2v) is 10.0. The highest BCUT2D eigenvalue weighted by molar-refractivity contribution is 6.06. The first kappa shape index (κ1) is 20.7. The smallest absolute Gasteiger partial charge is 0.257 e. The lowest BCUT2D eigenvalue weighted by Crippen LogP contribution is -2.44. The number of aliphatic imine (C=N–C) groups is 1. The predicted molar refractivity (Wildman–Crippen MR) is 114 cm³/mol. The van der Waals surface area contributed by atoms with Crippen molar-refractivity contribution in [2.75, 3.05) is 20.1 Å². The summed E-state index contributed by atoms with van der Waals surface area (Å²) < 4.78 is 0. The summed E-state index contributed by atoms with van der Waals surface area (Å²) in [4.78, 5) is 34.3. The highest BCUT2D eigenvalue weighted by Gasteiger charge is 2.48. The van der Waals surface area contributed by atoms with E-state index in [-0.39, 0.29) is 11.8 Å². The molecule has 29 heavy (non-hydrogen) atoms. The van der Waals surface area contributed by atoms with E-state index in [0.29, 0.717) is 17.8 Å². The van der Waals surface area contributed by atoms with E-state index in [0.717, 1.165) is 57.5 Å². The Kier molecular flexibility index (Phi) is 6.16. The molecule has 0 radical (unpaired) electrons. The Morgan fingerprint density at radius 2 is 1.76 bits per heavy atom. The van der Waals surface area contributed by atoms with Gasteiger partial charge in [-0.2, -0.15) is 0 Å². The van der Waals surface area contributed by atoms with E-state index in [9.17, 15) is 9.59 Å². The molecule has 1 saturated heterocycles. The minimum atomic E-state index is -0.701. The van der Waals surface area contributed by atoms with Crippen molar-refractivity contribution in [1.29, 1.82) is 0 Å². The van der Waals surface area contributed by atoms with E-state index in [4.69, 9.17) is 10.7 Å². The number of carbonyl (C=O) groups excluding carboxylic acids is 2. The van der Waals surface area contributed by atoms with E-state index in [2.05, 4.69) is 4.90 Å². The molecule has 2 N–H and O–H groups in total. The van der Waals surface area contributed by atoms with Crippen LogP contribution in [0.15, 0.2) is 4.99 Å². The van der Waals surface area contributed by atoms with Crippen molar-refractivity contribution in [3.05, 3.63) is 0 Å². The van der Waals surface area contributed by atoms with Gasteiger partial charge in [-0.15, -0.1) is 0 Å². The van der Waals surface area contributed by atoms with Crippen LogP contribution in [-0.4, -0.2) is 53.2 Å². The molecule has 6 heteroatoms. The monoisotopic (exact) mass is 402 g/mol. The third kappa shape index (κ3) is 4.31. The summed E-state index contributed by atoms with van der Waals surface area (Å²) in [5.41, 5.74) is 5.38. The molecule has 0 bridgehead atoms. The maximum absolute atomic E-state index is 13.2. The maximum Gasteiger partial charge on any atom is 0.257 e. The van der Waals surface area contributed by atoms with Crippen molar-refractivity contribution in [2.24, 2.45) is 28.5 Å². The lowest BCUT2D eigenvalue weighted by molar-refractivity contribution is -0.134. The minimum absolute atomic E-state index is 0.0615. The van der Waals surface area contributed by atoms with Crippen LogP contribution in [0.1, 0.15) is 83.5 Å². The molecule has 2 aliphatic heterocycles. The fourth-order valence-corrected chi connectivity index (χ4v) is 6.18. The van der Waals surface area contributed by atoms with E-state index in [1.54, 1.807) is 7.05 Å². The summed E-state index contributed by atoms with van der Waals surface area (Å²) in [5.74, 6) is 2.07. The van der Waals surface area contributed by atoms with Crippen LogP contribution >= 0.6 is 0 Å². The molecule has 1 unspecified atom stereocenters. The summed E-state index contributed by atoms with van der Waals surface area (Å²) in [7, 11) is 1.74. The van der Waals surface area contributed by atoms with Crippen LogP contribution in [0.2, 0.25) is 0 Å². The first-order chi connectivity index (χ1) is 14.0. The normalized spacial score (nSPS) is 31.7. The van der Waals surface area contributed by atoms with Crippen LogP contribution in [0, 0.1) is 17.8 Å². The Balaban J connectivity index is 1.40. The van der Waals surface area contributed by atoms with Crippen molar-refractivity contribution in [3.63, 3.8) is 0 Å². The van der Waals surface area contributed by atoms with Crippen LogP contribution in [0.4, 0.5) is 0 Å². The van der Waals surface area contributed by atoms with Gasteiger partial charge in [0.25, 0.3) is 5.91 Å². The van der Waals surface area contributed by atoms with Crippen molar-refractivity contribution < 1.29 is 9.59 Å². The zero-order chi connectivity index (χ0) is 20.4. The van der Waals surface area contributed by atoms with Crippen molar-refractivity contribution in [2.45, 2.75) is 89.0 Å². The zero-order valence-electron chi connectivity index (χ0n) is 18.1. The average Bonchev–Trinajstić information content (AvgIpc) is 3.46. The number of likely N-dealkylation sites (N-methyl/N-ethyl adjacent to an activating group) is 1. The molecule has 3 fully saturated rings. The molecular formula is C23H38N4O2. The fraction of sp³-hybridized carbons (Fsp3) is 0.870. The standard InChI is InChI=1S/C23H38N4O2/c1-26-21(29)23(25-22(26)24,13-11-17-7-3-2-4-8-17)15-18-12-14-27(16-18)20(28)19-9-5-6-10-19/h17-19H,2-16H2,1H3,(H2,24,25)/t18?,23-/m0/s1. The van der Waals surface area contributed by atoms with Gasteiger partial charge in [0.05, 0.1) is 0 Å². The Labute approximate surface area is 175 Å². The highest BCUT2D eigenvalue weighted by atomic mass is 16.2. The second kappa shape index (κ2) is 8.65. The zero-order valence-corrected chi connectivity index (χ0v) is 18.1. The summed E-state index contributed by atoms with van der Waals surface area (Å²) in [6.45, 7) is 1.62. The maximum atomic E-state index is 13.2. The molecule has 0 aromatic carbocycles. The number of amides is 2. The third-order valence-electron chi connectivity index (χ3n) is 7.99. The lowest BCUT2D eigenvalue weighted by atomic mass is 9.78. The van der Waals surface area contributed by atoms with Crippen LogP contribution in [0.5, 0.6) is 0 Å². The molecule has 0 spiro atoms. The van der Waals surface area contributed by atoms with Gasteiger partial charge in [-0.1, -0.05) is 44.9 Å². The Bertz CT molecular complexity index is 651. The molecule has 6 nitrogen and oxygen atoms in total. The van der Waals surface area contributed by atoms with Gasteiger partial charge in [0.2, 0.25) is 5.91 Å². The quantitative estimate of drug-likeness (QED) is 0.740. The molecule has 4 aliphatic rings. The van der Waals surface area contributed by atoms with E-state index in [1.807, 2.05) is 0 Å². The lowest BCUT2D eigenvalue weighted by Gasteiger charge is -2.30. The first-order valence-corrected chi connectivity index (χ1v) is 11.9. The first-order valence-electron chi connectivity index (χ1n) is 11.9. The number of likely N-dealkylation sites (tertiary alicyclic amines) is 1. The van der Waals surface area contributed by atoms with Crippen molar-refractivity contribution in [1.82, 2.24) is 9.80 Å². The van der Waals surface area contributed by atoms with Crippen LogP contribution in [-0.2, 0) is 9.59 Å². The fourth-order valence-electron chi connectivity index (χ4n) is 6.18. The van der Waals surface area contributed by atoms with Crippen LogP contribution < -0.4 is 5.73 Å². The van der Waals surface area contributed by atoms with Crippen LogP contribution in [0.25, 0.3) is 0 Å². The van der Waals surface area contributed by atoms with Gasteiger partial charge < -0.3 is 10.6 Å². The van der Waals surface area contributed by atoms with Crippen molar-refractivity contribution in [3.8, 4) is 0 Å². The van der Waals surface area contributed by atoms with Gasteiger partial charge >= 0.3 is 0 Å². The summed E-state index contributed by atoms with van der Waals surface area (Å²) >= 11 is 0. The number of rotatable bonds is 6. The molecule has 2 saturated carbocycles. The Morgan fingerprint density at radius 1 is 1.07 bits per heavy atom. The number of nitrogens with two attached hydrogens (primary N) is 1. The largest absolute Gasteiger partial charge is 0.369 e. The summed E-state index contributed by atoms with van der Waals surface area (Å²) in [5, 5.41) is 0. The molecule has 162 valence electrons. The van der Waals surface area contributed by atoms with Gasteiger partial charge in [-0.25, -0.2) is 4.99 Å². The Morgan fingerprint density at radius 3 is 2.41 bits per heavy atom. The minimum Gasteiger partial charge on any atom is -0.369 e. The topological polar surface area (TPSA) is 79.0 Å². The molecule has 0 aromatic rings. The van der Waals surface area contributed by atoms with Crippen LogP contribution in [0.3, 0.4) is 0 Å². The number of hydrogen-bond acceptors (Lipinski definition) is 4. The molecule has 4 rings (SSSR count). The number of nitrogens with zero attached hydrogens (tertiary/aromatic N) is 3. The van der Waals surface area contributed by atoms with Gasteiger partial charge in [-0.05, 0) is 50.4 Å². The van der Waals surface area contributed by atoms with Gasteiger partial charge in [0.1, 0.15) is 5.54 Å². The second-order valence-electron chi connectivity index (χ2n) is 10.0. The molecule has 0 aromatic heterocycles. The third-order valence-corrected chi connectivity index (χ3v) is 7.99. The number of carbonyl (C=O) groups is 2. The highest BCUT2D eigenvalue weighted by Crippen LogP contribution is 2.39. The molecule has 2 amide bonds. The molecule has 2 atom stereocenters. The van der Waals surface area contributed by atoms with Gasteiger partial charge in [0, 0.05) is 26.1 Å². The van der Waals surface area contributed by atoms with Crippen molar-refractivity contribution >= 4 is 17.8 Å². The number of guanidine groups is 1.